The zero-order chi connectivity index (χ0) is 41.5. The smallest absolute Gasteiger partial charge is 0.434 e. The molecule has 3 aromatic rings. The zero-order valence-corrected chi connectivity index (χ0v) is 32.8. The molecule has 10 rings (SSSR count). The molecule has 0 spiro atoms. The fraction of sp³-hybridized carbons (Fsp3) is 0.674. The minimum atomic E-state index is -5.10. The molecule has 320 valence electrons. The highest BCUT2D eigenvalue weighted by molar-refractivity contribution is 6.00. The molecule has 6 aliphatic carbocycles. The van der Waals surface area contributed by atoms with Crippen molar-refractivity contribution in [3.63, 3.8) is 0 Å². The third-order valence-electron chi connectivity index (χ3n) is 14.8. The van der Waals surface area contributed by atoms with Gasteiger partial charge in [-0.25, -0.2) is 32.3 Å². The lowest BCUT2D eigenvalue weighted by molar-refractivity contribution is -0.154. The van der Waals surface area contributed by atoms with Crippen molar-refractivity contribution in [2.75, 3.05) is 13.1 Å². The molecule has 9 nitrogen and oxygen atoms in total. The number of carboxylic acid groups (broad SMARTS) is 1. The van der Waals surface area contributed by atoms with Crippen molar-refractivity contribution in [3.05, 3.63) is 41.9 Å². The van der Waals surface area contributed by atoms with Crippen LogP contribution in [-0.4, -0.2) is 79.0 Å². The molecule has 2 aromatic heterocycles. The number of nitrogens with zero attached hydrogens (tertiary/aromatic N) is 4. The number of hydrogen-bond acceptors (Lipinski definition) is 6. The number of alkyl halides is 7. The highest BCUT2D eigenvalue weighted by atomic mass is 19.4. The summed E-state index contributed by atoms with van der Waals surface area (Å²) in [6, 6.07) is 4.87. The summed E-state index contributed by atoms with van der Waals surface area (Å²) in [5.41, 5.74) is -3.29. The summed E-state index contributed by atoms with van der Waals surface area (Å²) in [6.07, 6.45) is 2.98. The van der Waals surface area contributed by atoms with E-state index in [-0.39, 0.29) is 62.1 Å². The maximum Gasteiger partial charge on any atom is 0.434 e. The number of rotatable bonds is 8. The van der Waals surface area contributed by atoms with E-state index in [2.05, 4.69) is 20.2 Å². The van der Waals surface area contributed by atoms with Crippen LogP contribution < -0.4 is 10.1 Å². The van der Waals surface area contributed by atoms with E-state index in [1.165, 1.54) is 0 Å². The number of hydrogen-bond donors (Lipinski definition) is 2. The SMILES string of the molecule is O=C(NC1(C(=O)O)C2CCC3CC(C2)CC1C3)c1cnc(-c2cn(C3CCC(F)(F)CC3)c3cc(OC4CCN(C5CCC(F)(F)CC5)CC4)ccc23)nc1C(F)(F)F. The number of nitrogens with one attached hydrogen (secondary N) is 1. The average Bonchev–Trinajstić information content (AvgIpc) is 3.44. The van der Waals surface area contributed by atoms with E-state index in [9.17, 15) is 45.4 Å². The Hall–Kier alpha value is -3.95. The number of amides is 1. The van der Waals surface area contributed by atoms with Gasteiger partial charge in [-0.15, -0.1) is 0 Å². The Kier molecular flexibility index (Phi) is 10.2. The summed E-state index contributed by atoms with van der Waals surface area (Å²) >= 11 is 0. The number of likely N-dealkylation sites (tertiary alicyclic amines) is 1. The van der Waals surface area contributed by atoms with E-state index in [1.807, 2.05) is 0 Å². The van der Waals surface area contributed by atoms with Crippen molar-refractivity contribution in [2.45, 2.75) is 144 Å². The van der Waals surface area contributed by atoms with Crippen LogP contribution in [-0.2, 0) is 11.0 Å². The van der Waals surface area contributed by atoms with Gasteiger partial charge in [-0.3, -0.25) is 4.79 Å². The van der Waals surface area contributed by atoms with Crippen molar-refractivity contribution < 1.29 is 50.2 Å². The molecule has 2 N–H and O–H groups in total. The largest absolute Gasteiger partial charge is 0.490 e. The van der Waals surface area contributed by atoms with Crippen molar-refractivity contribution in [1.29, 1.82) is 0 Å². The van der Waals surface area contributed by atoms with Gasteiger partial charge < -0.3 is 24.6 Å². The monoisotopic (exact) mass is 833 g/mol. The van der Waals surface area contributed by atoms with E-state index in [4.69, 9.17) is 4.74 Å². The van der Waals surface area contributed by atoms with Crippen LogP contribution in [0.4, 0.5) is 30.7 Å². The predicted octanol–water partition coefficient (Wildman–Crippen LogP) is 9.69. The highest BCUT2D eigenvalue weighted by Gasteiger charge is 2.60. The van der Waals surface area contributed by atoms with E-state index >= 15 is 0 Å². The van der Waals surface area contributed by atoms with E-state index < -0.39 is 64.6 Å². The van der Waals surface area contributed by atoms with Crippen LogP contribution in [0.25, 0.3) is 22.3 Å². The Bertz CT molecular complexity index is 2070. The van der Waals surface area contributed by atoms with Crippen LogP contribution in [0.15, 0.2) is 30.6 Å². The van der Waals surface area contributed by atoms with Crippen LogP contribution in [0.3, 0.4) is 0 Å². The molecule has 6 saturated carbocycles. The second-order valence-corrected chi connectivity index (χ2v) is 18.4. The molecule has 7 aliphatic rings. The van der Waals surface area contributed by atoms with Gasteiger partial charge in [0.05, 0.1) is 11.1 Å². The van der Waals surface area contributed by atoms with Crippen LogP contribution >= 0.6 is 0 Å². The number of aromatic nitrogens is 3. The first-order chi connectivity index (χ1) is 28.0. The number of halogens is 7. The highest BCUT2D eigenvalue weighted by Crippen LogP contribution is 2.56. The average molecular weight is 834 g/mol. The Labute approximate surface area is 337 Å². The van der Waals surface area contributed by atoms with Gasteiger partial charge >= 0.3 is 12.1 Å². The lowest BCUT2D eigenvalue weighted by Crippen LogP contribution is -2.66. The first-order valence-electron chi connectivity index (χ1n) is 21.3. The second kappa shape index (κ2) is 14.9. The van der Waals surface area contributed by atoms with Crippen LogP contribution in [0.5, 0.6) is 5.75 Å². The number of piperidine rings is 1. The zero-order valence-electron chi connectivity index (χ0n) is 32.8. The quantitative estimate of drug-likeness (QED) is 0.218. The summed E-state index contributed by atoms with van der Waals surface area (Å²) in [7, 11) is 0. The number of aliphatic carboxylic acids is 1. The van der Waals surface area contributed by atoms with E-state index in [0.717, 1.165) is 19.0 Å². The van der Waals surface area contributed by atoms with E-state index in [0.29, 0.717) is 92.9 Å². The van der Waals surface area contributed by atoms with Crippen molar-refractivity contribution >= 4 is 22.8 Å². The van der Waals surface area contributed by atoms with Crippen molar-refractivity contribution in [2.24, 2.45) is 23.7 Å². The maximum atomic E-state index is 14.9. The molecule has 5 unspecified atom stereocenters. The summed E-state index contributed by atoms with van der Waals surface area (Å²) in [4.78, 5) is 37.4. The number of benzene rings is 1. The Morgan fingerprint density at radius 1 is 0.814 bits per heavy atom. The molecule has 3 heterocycles. The third kappa shape index (κ3) is 7.68. The van der Waals surface area contributed by atoms with Gasteiger partial charge in [0.2, 0.25) is 11.8 Å². The fourth-order valence-electron chi connectivity index (χ4n) is 11.9. The second-order valence-electron chi connectivity index (χ2n) is 18.4. The van der Waals surface area contributed by atoms with Crippen molar-refractivity contribution in [1.82, 2.24) is 24.8 Å². The molecule has 1 amide bonds. The number of carbonyl (C=O) groups is 2. The Morgan fingerprint density at radius 2 is 1.46 bits per heavy atom. The van der Waals surface area contributed by atoms with Gasteiger partial charge in [0.25, 0.3) is 5.91 Å². The van der Waals surface area contributed by atoms with Gasteiger partial charge in [-0.2, -0.15) is 13.2 Å². The standard InChI is InChI=1S/C43H50F7N5O4/c44-40(45)11-5-28(6-12-40)54-15-9-30(10-16-54)59-31-3-4-32-34(23-55(35(32)21-31)29-7-13-41(46,47)14-8-29)37-51-22-33(36(52-37)43(48,49)50)38(56)53-42(39(57)58)26-2-1-24-17-25(19-26)20-27(42)18-24/h3-4,21-30H,1-2,5-20H2,(H,53,56)(H,57,58). The normalized spacial score (nSPS) is 30.4. The lowest BCUT2D eigenvalue weighted by atomic mass is 9.58. The molecular weight excluding hydrogens is 783 g/mol. The number of ether oxygens (including phenoxy) is 1. The van der Waals surface area contributed by atoms with Gasteiger partial charge in [-0.1, -0.05) is 6.42 Å². The molecule has 1 aromatic carbocycles. The summed E-state index contributed by atoms with van der Waals surface area (Å²) < 4.78 is 109. The van der Waals surface area contributed by atoms with Gasteiger partial charge in [0, 0.05) is 80.3 Å². The number of carboxylic acids is 1. The minimum absolute atomic E-state index is 0.106. The van der Waals surface area contributed by atoms with Gasteiger partial charge in [0.1, 0.15) is 17.4 Å². The maximum absolute atomic E-state index is 14.9. The van der Waals surface area contributed by atoms with Gasteiger partial charge in [-0.05, 0) is 106 Å². The molecule has 1 saturated heterocycles. The number of carbonyl (C=O) groups excluding carboxylic acids is 1. The fourth-order valence-corrected chi connectivity index (χ4v) is 11.9. The topological polar surface area (TPSA) is 110 Å². The lowest BCUT2D eigenvalue weighted by Gasteiger charge is -2.50. The summed E-state index contributed by atoms with van der Waals surface area (Å²) in [6.45, 7) is 1.40. The third-order valence-corrected chi connectivity index (χ3v) is 14.8. The molecule has 16 heteroatoms. The van der Waals surface area contributed by atoms with Crippen molar-refractivity contribution in [3.8, 4) is 17.1 Å². The Morgan fingerprint density at radius 3 is 2.12 bits per heavy atom. The first-order valence-corrected chi connectivity index (χ1v) is 21.3. The van der Waals surface area contributed by atoms with Crippen LogP contribution in [0.2, 0.25) is 0 Å². The molecular formula is C43H50F7N5O4. The molecule has 0 radical (unpaired) electrons. The first kappa shape index (κ1) is 40.5. The predicted molar refractivity (Wildman–Crippen MR) is 202 cm³/mol. The van der Waals surface area contributed by atoms with Crippen LogP contribution in [0.1, 0.15) is 125 Å². The van der Waals surface area contributed by atoms with Gasteiger partial charge in [0.15, 0.2) is 11.5 Å². The van der Waals surface area contributed by atoms with Crippen LogP contribution in [0, 0.1) is 23.7 Å². The molecule has 59 heavy (non-hydrogen) atoms. The van der Waals surface area contributed by atoms with E-state index in [1.54, 1.807) is 29.0 Å². The molecule has 4 bridgehead atoms. The summed E-state index contributed by atoms with van der Waals surface area (Å²) in [5.74, 6) is -7.78. The molecule has 5 atom stereocenters. The Balaban J connectivity index is 1.00. The molecule has 7 fully saturated rings. The number of fused-ring (bicyclic) bond motifs is 2. The molecule has 1 aliphatic heterocycles. The summed E-state index contributed by atoms with van der Waals surface area (Å²) in [5, 5.41) is 13.7. The minimum Gasteiger partial charge on any atom is -0.490 e.